The first-order valence-corrected chi connectivity index (χ1v) is 8.11. The Morgan fingerprint density at radius 3 is 2.75 bits per heavy atom. The molecule has 0 aliphatic carbocycles. The second-order valence-corrected chi connectivity index (χ2v) is 5.94. The molecule has 20 heavy (non-hydrogen) atoms. The van der Waals surface area contributed by atoms with Crippen molar-refractivity contribution in [2.75, 3.05) is 32.8 Å². The van der Waals surface area contributed by atoms with Gasteiger partial charge in [0, 0.05) is 31.1 Å². The van der Waals surface area contributed by atoms with Crippen molar-refractivity contribution in [3.63, 3.8) is 0 Å². The minimum Gasteiger partial charge on any atom is -0.493 e. The lowest BCUT2D eigenvalue weighted by molar-refractivity contribution is 0.240. The normalized spacial score (nSPS) is 23.7. The number of para-hydroxylation sites is 1. The van der Waals surface area contributed by atoms with Gasteiger partial charge >= 0.3 is 0 Å². The Balaban J connectivity index is 1.49. The predicted molar refractivity (Wildman–Crippen MR) is 82.2 cm³/mol. The van der Waals surface area contributed by atoms with Gasteiger partial charge in [0.1, 0.15) is 5.75 Å². The number of benzene rings is 1. The molecule has 0 radical (unpaired) electrons. The highest BCUT2D eigenvalue weighted by atomic mass is 16.5. The lowest BCUT2D eigenvalue weighted by Crippen LogP contribution is -2.35. The molecular formula is C17H26N2O. The zero-order valence-corrected chi connectivity index (χ0v) is 12.3. The molecular weight excluding hydrogens is 248 g/mol. The van der Waals surface area contributed by atoms with Crippen LogP contribution in [-0.2, 0) is 0 Å². The summed E-state index contributed by atoms with van der Waals surface area (Å²) in [7, 11) is 0. The van der Waals surface area contributed by atoms with Gasteiger partial charge in [-0.25, -0.2) is 0 Å². The third-order valence-corrected chi connectivity index (χ3v) is 4.48. The van der Waals surface area contributed by atoms with Crippen LogP contribution in [0.1, 0.15) is 43.7 Å². The van der Waals surface area contributed by atoms with Crippen LogP contribution in [-0.4, -0.2) is 37.7 Å². The van der Waals surface area contributed by atoms with Crippen molar-refractivity contribution in [1.82, 2.24) is 10.2 Å². The van der Waals surface area contributed by atoms with Crippen LogP contribution in [0.5, 0.6) is 5.75 Å². The maximum absolute atomic E-state index is 5.72. The Hall–Kier alpha value is -1.06. The molecule has 2 aliphatic rings. The lowest BCUT2D eigenvalue weighted by atomic mass is 10.0. The SMILES string of the molecule is c1ccc2c(c1)OCCC2NCCN1CCCCCC1. The van der Waals surface area contributed by atoms with Gasteiger partial charge in [-0.15, -0.1) is 0 Å². The lowest BCUT2D eigenvalue weighted by Gasteiger charge is -2.28. The van der Waals surface area contributed by atoms with Crippen molar-refractivity contribution in [3.8, 4) is 5.75 Å². The molecule has 110 valence electrons. The number of hydrogen-bond acceptors (Lipinski definition) is 3. The van der Waals surface area contributed by atoms with Crippen LogP contribution < -0.4 is 10.1 Å². The molecule has 2 aliphatic heterocycles. The smallest absolute Gasteiger partial charge is 0.124 e. The van der Waals surface area contributed by atoms with E-state index in [1.54, 1.807) is 0 Å². The van der Waals surface area contributed by atoms with Gasteiger partial charge in [-0.3, -0.25) is 0 Å². The minimum absolute atomic E-state index is 0.465. The molecule has 1 unspecified atom stereocenters. The van der Waals surface area contributed by atoms with Crippen LogP contribution in [0.3, 0.4) is 0 Å². The van der Waals surface area contributed by atoms with E-state index in [1.807, 2.05) is 0 Å². The van der Waals surface area contributed by atoms with E-state index in [1.165, 1.54) is 50.9 Å². The van der Waals surface area contributed by atoms with E-state index in [0.717, 1.165) is 25.3 Å². The number of hydrogen-bond donors (Lipinski definition) is 1. The highest BCUT2D eigenvalue weighted by Gasteiger charge is 2.20. The quantitative estimate of drug-likeness (QED) is 0.913. The van der Waals surface area contributed by atoms with Crippen molar-refractivity contribution < 1.29 is 4.74 Å². The van der Waals surface area contributed by atoms with E-state index in [2.05, 4.69) is 34.5 Å². The summed E-state index contributed by atoms with van der Waals surface area (Å²) in [5, 5.41) is 3.72. The zero-order valence-electron chi connectivity index (χ0n) is 12.3. The molecule has 3 nitrogen and oxygen atoms in total. The average Bonchev–Trinajstić information content (AvgIpc) is 2.76. The van der Waals surface area contributed by atoms with Gasteiger partial charge in [-0.2, -0.15) is 0 Å². The molecule has 0 amide bonds. The van der Waals surface area contributed by atoms with Crippen molar-refractivity contribution in [2.45, 2.75) is 38.1 Å². The van der Waals surface area contributed by atoms with Gasteiger partial charge in [0.15, 0.2) is 0 Å². The molecule has 1 saturated heterocycles. The highest BCUT2D eigenvalue weighted by molar-refractivity contribution is 5.37. The summed E-state index contributed by atoms with van der Waals surface area (Å²) in [6.45, 7) is 5.66. The van der Waals surface area contributed by atoms with Gasteiger partial charge in [-0.1, -0.05) is 31.0 Å². The second kappa shape index (κ2) is 7.09. The molecule has 0 spiro atoms. The Morgan fingerprint density at radius 1 is 1.10 bits per heavy atom. The van der Waals surface area contributed by atoms with Crippen LogP contribution in [0.25, 0.3) is 0 Å². The van der Waals surface area contributed by atoms with Crippen LogP contribution in [0.4, 0.5) is 0 Å². The summed E-state index contributed by atoms with van der Waals surface area (Å²) >= 11 is 0. The zero-order chi connectivity index (χ0) is 13.6. The van der Waals surface area contributed by atoms with Gasteiger partial charge in [0.2, 0.25) is 0 Å². The summed E-state index contributed by atoms with van der Waals surface area (Å²) in [4.78, 5) is 2.62. The number of rotatable bonds is 4. The molecule has 0 aromatic heterocycles. The predicted octanol–water partition coefficient (Wildman–Crippen LogP) is 2.98. The summed E-state index contributed by atoms with van der Waals surface area (Å²) in [6, 6.07) is 8.90. The average molecular weight is 274 g/mol. The van der Waals surface area contributed by atoms with Crippen molar-refractivity contribution in [2.24, 2.45) is 0 Å². The number of likely N-dealkylation sites (tertiary alicyclic amines) is 1. The summed E-state index contributed by atoms with van der Waals surface area (Å²) in [5.74, 6) is 1.06. The fourth-order valence-corrected chi connectivity index (χ4v) is 3.31. The van der Waals surface area contributed by atoms with E-state index in [-0.39, 0.29) is 0 Å². The minimum atomic E-state index is 0.465. The molecule has 0 bridgehead atoms. The van der Waals surface area contributed by atoms with Gasteiger partial charge in [0.25, 0.3) is 0 Å². The Kier molecular flexibility index (Phi) is 4.93. The standard InChI is InChI=1S/C17H26N2O/c1-2-6-12-19(11-5-1)13-10-18-16-9-14-20-17-8-4-3-7-15(16)17/h3-4,7-8,16,18H,1-2,5-6,9-14H2. The molecule has 1 aromatic rings. The van der Waals surface area contributed by atoms with Gasteiger partial charge in [-0.05, 0) is 32.0 Å². The number of ether oxygens (including phenoxy) is 1. The largest absolute Gasteiger partial charge is 0.493 e. The van der Waals surface area contributed by atoms with Crippen molar-refractivity contribution >= 4 is 0 Å². The van der Waals surface area contributed by atoms with E-state index < -0.39 is 0 Å². The van der Waals surface area contributed by atoms with Gasteiger partial charge in [0.05, 0.1) is 6.61 Å². The maximum Gasteiger partial charge on any atom is 0.124 e. The van der Waals surface area contributed by atoms with Crippen molar-refractivity contribution in [3.05, 3.63) is 29.8 Å². The first-order chi connectivity index (χ1) is 9.93. The Bertz CT molecular complexity index is 413. The molecule has 1 N–H and O–H groups in total. The third-order valence-electron chi connectivity index (χ3n) is 4.48. The van der Waals surface area contributed by atoms with Crippen LogP contribution in [0.15, 0.2) is 24.3 Å². The van der Waals surface area contributed by atoms with Crippen LogP contribution >= 0.6 is 0 Å². The summed E-state index contributed by atoms with van der Waals surface area (Å²) in [5.41, 5.74) is 1.33. The van der Waals surface area contributed by atoms with E-state index >= 15 is 0 Å². The molecule has 2 heterocycles. The maximum atomic E-state index is 5.72. The van der Waals surface area contributed by atoms with Crippen LogP contribution in [0, 0.1) is 0 Å². The van der Waals surface area contributed by atoms with E-state index in [0.29, 0.717) is 6.04 Å². The first kappa shape index (κ1) is 13.9. The fraction of sp³-hybridized carbons (Fsp3) is 0.647. The topological polar surface area (TPSA) is 24.5 Å². The molecule has 0 saturated carbocycles. The molecule has 3 rings (SSSR count). The van der Waals surface area contributed by atoms with E-state index in [9.17, 15) is 0 Å². The number of nitrogens with zero attached hydrogens (tertiary/aromatic N) is 1. The Morgan fingerprint density at radius 2 is 1.90 bits per heavy atom. The monoisotopic (exact) mass is 274 g/mol. The van der Waals surface area contributed by atoms with Gasteiger partial charge < -0.3 is 15.0 Å². The fourth-order valence-electron chi connectivity index (χ4n) is 3.31. The molecule has 1 fully saturated rings. The second-order valence-electron chi connectivity index (χ2n) is 5.94. The van der Waals surface area contributed by atoms with Crippen molar-refractivity contribution in [1.29, 1.82) is 0 Å². The molecule has 3 heteroatoms. The summed E-state index contributed by atoms with van der Waals surface area (Å²) < 4.78 is 5.72. The highest BCUT2D eigenvalue weighted by Crippen LogP contribution is 2.31. The molecule has 1 atom stereocenters. The number of nitrogens with one attached hydrogen (secondary N) is 1. The molecule has 1 aromatic carbocycles. The van der Waals surface area contributed by atoms with Crippen LogP contribution in [0.2, 0.25) is 0 Å². The third kappa shape index (κ3) is 3.53. The van der Waals surface area contributed by atoms with E-state index in [4.69, 9.17) is 4.74 Å². The first-order valence-electron chi connectivity index (χ1n) is 8.11. The number of fused-ring (bicyclic) bond motifs is 1. The Labute approximate surface area is 122 Å². The summed E-state index contributed by atoms with van der Waals surface area (Å²) in [6.07, 6.45) is 6.66.